The van der Waals surface area contributed by atoms with Crippen molar-refractivity contribution < 1.29 is 18.0 Å². The fraction of sp³-hybridized carbons (Fsp3) is 0.364. The number of nitrogens with zero attached hydrogens (tertiary/aromatic N) is 3. The molecule has 8 nitrogen and oxygen atoms in total. The Bertz CT molecular complexity index is 1090. The van der Waals surface area contributed by atoms with E-state index in [9.17, 15) is 18.0 Å². The van der Waals surface area contributed by atoms with E-state index in [2.05, 4.69) is 22.2 Å². The van der Waals surface area contributed by atoms with Crippen LogP contribution < -0.4 is 14.5 Å². The molecular weight excluding hydrogens is 416 g/mol. The second-order valence-corrected chi connectivity index (χ2v) is 9.99. The van der Waals surface area contributed by atoms with Crippen molar-refractivity contribution in [1.29, 1.82) is 0 Å². The number of piperazine rings is 1. The Morgan fingerprint density at radius 1 is 1.00 bits per heavy atom. The van der Waals surface area contributed by atoms with Crippen molar-refractivity contribution in [3.05, 3.63) is 54.1 Å². The zero-order valence-electron chi connectivity index (χ0n) is 17.6. The van der Waals surface area contributed by atoms with Gasteiger partial charge in [-0.25, -0.2) is 12.7 Å². The number of hydrogen-bond acceptors (Lipinski definition) is 6. The number of carbonyl (C=O) groups is 2. The number of hydrogen-bond donors (Lipinski definition) is 1. The lowest BCUT2D eigenvalue weighted by Crippen LogP contribution is -2.44. The van der Waals surface area contributed by atoms with Crippen LogP contribution in [0.15, 0.2) is 48.5 Å². The summed E-state index contributed by atoms with van der Waals surface area (Å²) in [6.07, 6.45) is 0. The highest BCUT2D eigenvalue weighted by Crippen LogP contribution is 2.29. The van der Waals surface area contributed by atoms with Crippen molar-refractivity contribution in [2.24, 2.45) is 5.92 Å². The summed E-state index contributed by atoms with van der Waals surface area (Å²) in [6.45, 7) is 5.55. The number of benzene rings is 2. The van der Waals surface area contributed by atoms with Crippen LogP contribution in [0.3, 0.4) is 0 Å². The first-order valence-electron chi connectivity index (χ1n) is 10.3. The van der Waals surface area contributed by atoms with Crippen molar-refractivity contribution in [2.45, 2.75) is 6.92 Å². The summed E-state index contributed by atoms with van der Waals surface area (Å²) >= 11 is 0. The van der Waals surface area contributed by atoms with Crippen molar-refractivity contribution >= 4 is 38.9 Å². The highest BCUT2D eigenvalue weighted by atomic mass is 32.2. The third kappa shape index (κ3) is 4.42. The number of nitrogens with one attached hydrogen (secondary N) is 1. The summed E-state index contributed by atoms with van der Waals surface area (Å²) in [7, 11) is -1.60. The summed E-state index contributed by atoms with van der Waals surface area (Å²) in [5, 5.41) is 2.84. The Morgan fingerprint density at radius 3 is 2.29 bits per heavy atom. The van der Waals surface area contributed by atoms with Gasteiger partial charge in [-0.1, -0.05) is 13.0 Å². The minimum Gasteiger partial charge on any atom is -0.369 e. The molecular formula is C22H26N4O4S. The van der Waals surface area contributed by atoms with Crippen molar-refractivity contribution in [2.75, 3.05) is 53.5 Å². The maximum atomic E-state index is 12.7. The van der Waals surface area contributed by atoms with E-state index in [-0.39, 0.29) is 22.9 Å². The molecule has 0 spiro atoms. The SMILES string of the molecule is C[C@H]1CS(=O)(=O)N(c2cccc(C(=O)Nc3ccc(N4CCN(C)CC4)cc3)c2)C1=O. The number of carbonyl (C=O) groups excluding carboxylic acids is 2. The van der Waals surface area contributed by atoms with Gasteiger partial charge in [0.25, 0.3) is 5.91 Å². The van der Waals surface area contributed by atoms with Crippen LogP contribution in [0.2, 0.25) is 0 Å². The predicted molar refractivity (Wildman–Crippen MR) is 121 cm³/mol. The Kier molecular flexibility index (Phi) is 5.72. The molecule has 2 amide bonds. The van der Waals surface area contributed by atoms with Gasteiger partial charge in [-0.05, 0) is 49.5 Å². The van der Waals surface area contributed by atoms with Crippen LogP contribution in [0.1, 0.15) is 17.3 Å². The van der Waals surface area contributed by atoms with Gasteiger partial charge in [0.1, 0.15) is 0 Å². The van der Waals surface area contributed by atoms with Gasteiger partial charge in [-0.3, -0.25) is 9.59 Å². The van der Waals surface area contributed by atoms with Gasteiger partial charge >= 0.3 is 0 Å². The van der Waals surface area contributed by atoms with E-state index in [0.717, 1.165) is 36.2 Å². The lowest BCUT2D eigenvalue weighted by molar-refractivity contribution is -0.119. The highest BCUT2D eigenvalue weighted by Gasteiger charge is 2.42. The quantitative estimate of drug-likeness (QED) is 0.779. The minimum absolute atomic E-state index is 0.187. The minimum atomic E-state index is -3.71. The molecule has 0 aromatic heterocycles. The van der Waals surface area contributed by atoms with Crippen molar-refractivity contribution in [3.63, 3.8) is 0 Å². The second kappa shape index (κ2) is 8.32. The molecule has 0 saturated carbocycles. The van der Waals surface area contributed by atoms with E-state index in [4.69, 9.17) is 0 Å². The summed E-state index contributed by atoms with van der Waals surface area (Å²) in [4.78, 5) is 29.6. The molecule has 2 aliphatic heterocycles. The van der Waals surface area contributed by atoms with Gasteiger partial charge in [-0.2, -0.15) is 0 Å². The number of amides is 2. The normalized spacial score (nSPS) is 21.4. The maximum absolute atomic E-state index is 12.7. The molecule has 4 rings (SSSR count). The Hall–Kier alpha value is -2.91. The molecule has 1 N–H and O–H groups in total. The van der Waals surface area contributed by atoms with E-state index >= 15 is 0 Å². The average molecular weight is 443 g/mol. The summed E-state index contributed by atoms with van der Waals surface area (Å²) in [5.41, 5.74) is 2.22. The molecule has 2 fully saturated rings. The fourth-order valence-electron chi connectivity index (χ4n) is 3.88. The molecule has 2 aliphatic rings. The van der Waals surface area contributed by atoms with Gasteiger partial charge in [0, 0.05) is 43.1 Å². The first kappa shape index (κ1) is 21.3. The zero-order chi connectivity index (χ0) is 22.2. The van der Waals surface area contributed by atoms with Crippen LogP contribution in [0, 0.1) is 5.92 Å². The molecule has 0 radical (unpaired) electrons. The van der Waals surface area contributed by atoms with Gasteiger partial charge in [0.15, 0.2) is 0 Å². The number of anilines is 3. The predicted octanol–water partition coefficient (Wildman–Crippen LogP) is 2.00. The van der Waals surface area contributed by atoms with Crippen LogP contribution in [0.5, 0.6) is 0 Å². The largest absolute Gasteiger partial charge is 0.369 e. The number of sulfonamides is 1. The van der Waals surface area contributed by atoms with Crippen LogP contribution >= 0.6 is 0 Å². The van der Waals surface area contributed by atoms with Gasteiger partial charge in [-0.15, -0.1) is 0 Å². The summed E-state index contributed by atoms with van der Waals surface area (Å²) < 4.78 is 25.5. The molecule has 164 valence electrons. The van der Waals surface area contributed by atoms with Gasteiger partial charge in [0.2, 0.25) is 15.9 Å². The lowest BCUT2D eigenvalue weighted by Gasteiger charge is -2.34. The van der Waals surface area contributed by atoms with Gasteiger partial charge < -0.3 is 15.1 Å². The van der Waals surface area contributed by atoms with Crippen molar-refractivity contribution in [3.8, 4) is 0 Å². The molecule has 1 atom stereocenters. The highest BCUT2D eigenvalue weighted by molar-refractivity contribution is 7.94. The molecule has 2 saturated heterocycles. The third-order valence-electron chi connectivity index (χ3n) is 5.70. The Labute approximate surface area is 182 Å². The standard InChI is InChI=1S/C22H26N4O4S/c1-16-15-31(29,30)26(22(16)28)20-5-3-4-17(14-20)21(27)23-18-6-8-19(9-7-18)25-12-10-24(2)11-13-25/h3-9,14,16H,10-13,15H2,1-2H3,(H,23,27)/t16-/m0/s1. The van der Waals surface area contributed by atoms with Crippen LogP contribution in [0.25, 0.3) is 0 Å². The Balaban J connectivity index is 1.47. The van der Waals surface area contributed by atoms with Crippen LogP contribution in [-0.4, -0.2) is 64.1 Å². The zero-order valence-corrected chi connectivity index (χ0v) is 18.4. The first-order chi connectivity index (χ1) is 14.7. The molecule has 0 aliphatic carbocycles. The third-order valence-corrected chi connectivity index (χ3v) is 7.57. The van der Waals surface area contributed by atoms with Gasteiger partial charge in [0.05, 0.1) is 17.4 Å². The smallest absolute Gasteiger partial charge is 0.255 e. The number of rotatable bonds is 4. The molecule has 31 heavy (non-hydrogen) atoms. The van der Waals surface area contributed by atoms with Crippen LogP contribution in [-0.2, 0) is 14.8 Å². The Morgan fingerprint density at radius 2 is 1.68 bits per heavy atom. The maximum Gasteiger partial charge on any atom is 0.255 e. The number of likely N-dealkylation sites (N-methyl/N-ethyl adjacent to an activating group) is 1. The molecule has 9 heteroatoms. The topological polar surface area (TPSA) is 90.0 Å². The van der Waals surface area contributed by atoms with E-state index in [1.165, 1.54) is 12.1 Å². The van der Waals surface area contributed by atoms with E-state index in [1.807, 2.05) is 24.3 Å². The monoisotopic (exact) mass is 442 g/mol. The first-order valence-corrected chi connectivity index (χ1v) is 11.9. The van der Waals surface area contributed by atoms with Crippen LogP contribution in [0.4, 0.5) is 17.1 Å². The average Bonchev–Trinajstić information content (AvgIpc) is 2.95. The lowest BCUT2D eigenvalue weighted by atomic mass is 10.1. The summed E-state index contributed by atoms with van der Waals surface area (Å²) in [5.74, 6) is -1.66. The molecule has 0 unspecified atom stereocenters. The molecule has 2 aromatic carbocycles. The molecule has 2 heterocycles. The van der Waals surface area contributed by atoms with E-state index in [0.29, 0.717) is 5.69 Å². The van der Waals surface area contributed by atoms with E-state index in [1.54, 1.807) is 19.1 Å². The van der Waals surface area contributed by atoms with Crippen molar-refractivity contribution in [1.82, 2.24) is 4.90 Å². The van der Waals surface area contributed by atoms with E-state index < -0.39 is 21.8 Å². The second-order valence-electron chi connectivity index (χ2n) is 8.12. The fourth-order valence-corrected chi connectivity index (χ4v) is 5.70. The molecule has 2 aromatic rings. The summed E-state index contributed by atoms with van der Waals surface area (Å²) in [6, 6.07) is 13.8. The molecule has 0 bridgehead atoms.